The van der Waals surface area contributed by atoms with E-state index in [0.717, 1.165) is 12.6 Å². The maximum atomic E-state index is 3.72. The lowest BCUT2D eigenvalue weighted by Crippen LogP contribution is -2.27. The molecule has 1 aromatic carbocycles. The molecule has 1 heteroatoms. The molecule has 0 saturated heterocycles. The van der Waals surface area contributed by atoms with Gasteiger partial charge in [-0.1, -0.05) is 43.9 Å². The van der Waals surface area contributed by atoms with Gasteiger partial charge in [-0.2, -0.15) is 0 Å². The largest absolute Gasteiger partial charge is 0.310 e. The van der Waals surface area contributed by atoms with Crippen LogP contribution in [-0.2, 0) is 6.54 Å². The van der Waals surface area contributed by atoms with Crippen LogP contribution in [0.1, 0.15) is 55.2 Å². The zero-order valence-corrected chi connectivity index (χ0v) is 11.3. The number of aryl methyl sites for hydroxylation is 2. The van der Waals surface area contributed by atoms with Gasteiger partial charge in [-0.15, -0.1) is 0 Å². The number of hydrogen-bond donors (Lipinski definition) is 1. The van der Waals surface area contributed by atoms with Gasteiger partial charge in [0.15, 0.2) is 0 Å². The van der Waals surface area contributed by atoms with E-state index in [-0.39, 0.29) is 0 Å². The van der Waals surface area contributed by atoms with Gasteiger partial charge < -0.3 is 5.32 Å². The summed E-state index contributed by atoms with van der Waals surface area (Å²) in [6.07, 6.45) is 8.41. The summed E-state index contributed by atoms with van der Waals surface area (Å²) in [6.45, 7) is 5.41. The van der Waals surface area contributed by atoms with E-state index in [9.17, 15) is 0 Å². The van der Waals surface area contributed by atoms with Gasteiger partial charge in [-0.05, 0) is 43.4 Å². The first-order chi connectivity index (χ1) is 8.25. The Morgan fingerprint density at radius 1 is 1.00 bits per heavy atom. The molecule has 1 N–H and O–H groups in total. The molecule has 0 bridgehead atoms. The minimum Gasteiger partial charge on any atom is -0.310 e. The van der Waals surface area contributed by atoms with Crippen LogP contribution in [-0.4, -0.2) is 6.04 Å². The van der Waals surface area contributed by atoms with Crippen LogP contribution < -0.4 is 5.32 Å². The second kappa shape index (κ2) is 6.20. The minimum atomic E-state index is 0.749. The van der Waals surface area contributed by atoms with Crippen LogP contribution in [0, 0.1) is 13.8 Å². The molecule has 0 aromatic heterocycles. The highest BCUT2D eigenvalue weighted by atomic mass is 14.9. The normalized spacial score (nSPS) is 18.0. The average molecular weight is 231 g/mol. The zero-order chi connectivity index (χ0) is 12.1. The predicted octanol–water partition coefficient (Wildman–Crippen LogP) is 4.12. The van der Waals surface area contributed by atoms with Gasteiger partial charge in [0.25, 0.3) is 0 Å². The third kappa shape index (κ3) is 3.85. The summed E-state index contributed by atoms with van der Waals surface area (Å²) in [5, 5.41) is 3.72. The SMILES string of the molecule is Cc1ccc(CNC2CCCCCC2)cc1C. The second-order valence-electron chi connectivity index (χ2n) is 5.49. The van der Waals surface area contributed by atoms with Crippen molar-refractivity contribution in [1.29, 1.82) is 0 Å². The number of hydrogen-bond acceptors (Lipinski definition) is 1. The van der Waals surface area contributed by atoms with Crippen molar-refractivity contribution >= 4 is 0 Å². The third-order valence-corrected chi connectivity index (χ3v) is 4.02. The molecular formula is C16H25N. The van der Waals surface area contributed by atoms with Gasteiger partial charge in [-0.3, -0.25) is 0 Å². The van der Waals surface area contributed by atoms with Crippen LogP contribution in [0.4, 0.5) is 0 Å². The van der Waals surface area contributed by atoms with E-state index in [1.165, 1.54) is 55.2 Å². The molecule has 17 heavy (non-hydrogen) atoms. The third-order valence-electron chi connectivity index (χ3n) is 4.02. The topological polar surface area (TPSA) is 12.0 Å². The smallest absolute Gasteiger partial charge is 0.0208 e. The summed E-state index contributed by atoms with van der Waals surface area (Å²) < 4.78 is 0. The van der Waals surface area contributed by atoms with Gasteiger partial charge in [0.05, 0.1) is 0 Å². The molecule has 2 rings (SSSR count). The first-order valence-electron chi connectivity index (χ1n) is 7.05. The highest BCUT2D eigenvalue weighted by Gasteiger charge is 2.11. The fourth-order valence-corrected chi connectivity index (χ4v) is 2.66. The van der Waals surface area contributed by atoms with Gasteiger partial charge >= 0.3 is 0 Å². The Balaban J connectivity index is 1.85. The van der Waals surface area contributed by atoms with Crippen molar-refractivity contribution in [2.75, 3.05) is 0 Å². The van der Waals surface area contributed by atoms with Crippen molar-refractivity contribution in [3.8, 4) is 0 Å². The lowest BCUT2D eigenvalue weighted by Gasteiger charge is -2.16. The van der Waals surface area contributed by atoms with Gasteiger partial charge in [0, 0.05) is 12.6 Å². The molecule has 1 aromatic rings. The molecule has 0 aliphatic heterocycles. The zero-order valence-electron chi connectivity index (χ0n) is 11.3. The summed E-state index contributed by atoms with van der Waals surface area (Å²) in [4.78, 5) is 0. The molecule has 0 heterocycles. The molecular weight excluding hydrogens is 206 g/mol. The molecule has 0 amide bonds. The second-order valence-corrected chi connectivity index (χ2v) is 5.49. The standard InChI is InChI=1S/C16H25N/c1-13-9-10-15(11-14(13)2)12-17-16-7-5-3-4-6-8-16/h9-11,16-17H,3-8,12H2,1-2H3. The van der Waals surface area contributed by atoms with E-state index >= 15 is 0 Å². The van der Waals surface area contributed by atoms with E-state index in [0.29, 0.717) is 0 Å². The van der Waals surface area contributed by atoms with Crippen LogP contribution in [0.25, 0.3) is 0 Å². The predicted molar refractivity (Wildman–Crippen MR) is 74.2 cm³/mol. The maximum absolute atomic E-state index is 3.72. The highest BCUT2D eigenvalue weighted by Crippen LogP contribution is 2.18. The molecule has 1 saturated carbocycles. The molecule has 94 valence electrons. The average Bonchev–Trinajstić information content (AvgIpc) is 2.59. The Hall–Kier alpha value is -0.820. The molecule has 1 nitrogen and oxygen atoms in total. The van der Waals surface area contributed by atoms with Crippen molar-refractivity contribution < 1.29 is 0 Å². The lowest BCUT2D eigenvalue weighted by molar-refractivity contribution is 0.459. The van der Waals surface area contributed by atoms with Crippen molar-refractivity contribution in [2.24, 2.45) is 0 Å². The first-order valence-corrected chi connectivity index (χ1v) is 7.05. The monoisotopic (exact) mass is 231 g/mol. The molecule has 0 spiro atoms. The Bertz CT molecular complexity index is 349. The maximum Gasteiger partial charge on any atom is 0.0208 e. The molecule has 1 fully saturated rings. The Morgan fingerprint density at radius 2 is 1.71 bits per heavy atom. The van der Waals surface area contributed by atoms with E-state index in [1.807, 2.05) is 0 Å². The van der Waals surface area contributed by atoms with Crippen LogP contribution in [0.5, 0.6) is 0 Å². The van der Waals surface area contributed by atoms with E-state index in [2.05, 4.69) is 37.4 Å². The Labute approximate surface area is 106 Å². The summed E-state index contributed by atoms with van der Waals surface area (Å²) in [5.74, 6) is 0. The summed E-state index contributed by atoms with van der Waals surface area (Å²) in [7, 11) is 0. The summed E-state index contributed by atoms with van der Waals surface area (Å²) >= 11 is 0. The number of rotatable bonds is 3. The molecule has 0 unspecified atom stereocenters. The van der Waals surface area contributed by atoms with Crippen molar-refractivity contribution in [2.45, 2.75) is 65.0 Å². The van der Waals surface area contributed by atoms with E-state index < -0.39 is 0 Å². The molecule has 1 aliphatic rings. The Morgan fingerprint density at radius 3 is 2.35 bits per heavy atom. The van der Waals surface area contributed by atoms with Crippen molar-refractivity contribution in [3.05, 3.63) is 34.9 Å². The van der Waals surface area contributed by atoms with E-state index in [4.69, 9.17) is 0 Å². The van der Waals surface area contributed by atoms with Gasteiger partial charge in [0.2, 0.25) is 0 Å². The van der Waals surface area contributed by atoms with Crippen LogP contribution >= 0.6 is 0 Å². The summed E-state index contributed by atoms with van der Waals surface area (Å²) in [5.41, 5.74) is 4.23. The quantitative estimate of drug-likeness (QED) is 0.772. The molecule has 0 radical (unpaired) electrons. The number of benzene rings is 1. The highest BCUT2D eigenvalue weighted by molar-refractivity contribution is 5.29. The van der Waals surface area contributed by atoms with Gasteiger partial charge in [0.1, 0.15) is 0 Å². The molecule has 0 atom stereocenters. The van der Waals surface area contributed by atoms with Crippen molar-refractivity contribution in [3.63, 3.8) is 0 Å². The van der Waals surface area contributed by atoms with Crippen LogP contribution in [0.15, 0.2) is 18.2 Å². The summed E-state index contributed by atoms with van der Waals surface area (Å²) in [6, 6.07) is 7.56. The first kappa shape index (κ1) is 12.6. The minimum absolute atomic E-state index is 0.749. The lowest BCUT2D eigenvalue weighted by atomic mass is 10.1. The number of nitrogens with one attached hydrogen (secondary N) is 1. The van der Waals surface area contributed by atoms with E-state index in [1.54, 1.807) is 0 Å². The van der Waals surface area contributed by atoms with Crippen molar-refractivity contribution in [1.82, 2.24) is 5.32 Å². The van der Waals surface area contributed by atoms with Crippen LogP contribution in [0.3, 0.4) is 0 Å². The van der Waals surface area contributed by atoms with Gasteiger partial charge in [-0.25, -0.2) is 0 Å². The fraction of sp³-hybridized carbons (Fsp3) is 0.625. The van der Waals surface area contributed by atoms with Crippen LogP contribution in [0.2, 0.25) is 0 Å². The fourth-order valence-electron chi connectivity index (χ4n) is 2.66. The Kier molecular flexibility index (Phi) is 4.61. The molecule has 1 aliphatic carbocycles.